The minimum Gasteiger partial charge on any atom is -0.363 e. The Kier molecular flexibility index (Phi) is 3.40. The van der Waals surface area contributed by atoms with Crippen LogP contribution in [0, 0.1) is 6.33 Å². The molecule has 4 nitrogen and oxygen atoms in total. The van der Waals surface area contributed by atoms with E-state index in [-0.39, 0.29) is 29.6 Å². The van der Waals surface area contributed by atoms with Crippen molar-refractivity contribution in [2.45, 2.75) is 0 Å². The van der Waals surface area contributed by atoms with E-state index in [1.807, 2.05) is 30.3 Å². The first-order valence-electron chi connectivity index (χ1n) is 3.18. The molecule has 0 aliphatic heterocycles. The molecular weight excluding hydrogens is 163 g/mol. The molecule has 12 heavy (non-hydrogen) atoms. The molecule has 2 rings (SSSR count). The van der Waals surface area contributed by atoms with E-state index >= 15 is 0 Å². The number of tetrazole rings is 1. The predicted octanol–water partition coefficient (Wildman–Crippen LogP) is -2.53. The first-order chi connectivity index (χ1) is 5.47. The van der Waals surface area contributed by atoms with Crippen LogP contribution in [0.5, 0.6) is 0 Å². The van der Waals surface area contributed by atoms with Crippen molar-refractivity contribution in [2.24, 2.45) is 0 Å². The van der Waals surface area contributed by atoms with E-state index in [1.54, 1.807) is 0 Å². The van der Waals surface area contributed by atoms with E-state index in [0.717, 1.165) is 5.69 Å². The Bertz CT molecular complexity index is 318. The zero-order valence-corrected chi connectivity index (χ0v) is 8.68. The van der Waals surface area contributed by atoms with Crippen LogP contribution >= 0.6 is 0 Å². The molecule has 0 aliphatic rings. The van der Waals surface area contributed by atoms with Crippen molar-refractivity contribution in [3.8, 4) is 5.69 Å². The maximum atomic E-state index is 3.69. The molecular formula is C7H5N4Na. The summed E-state index contributed by atoms with van der Waals surface area (Å²) in [6.45, 7) is 0. The summed E-state index contributed by atoms with van der Waals surface area (Å²) in [7, 11) is 0. The van der Waals surface area contributed by atoms with Gasteiger partial charge >= 0.3 is 29.6 Å². The Morgan fingerprint density at radius 2 is 1.92 bits per heavy atom. The summed E-state index contributed by atoms with van der Waals surface area (Å²) in [5.41, 5.74) is 0.914. The van der Waals surface area contributed by atoms with Crippen LogP contribution in [0.15, 0.2) is 30.3 Å². The first kappa shape index (κ1) is 9.38. The summed E-state index contributed by atoms with van der Waals surface area (Å²) >= 11 is 0. The van der Waals surface area contributed by atoms with Gasteiger partial charge in [0.15, 0.2) is 0 Å². The quantitative estimate of drug-likeness (QED) is 0.348. The summed E-state index contributed by atoms with van der Waals surface area (Å²) in [4.78, 5) is 0. The molecule has 0 radical (unpaired) electrons. The second kappa shape index (κ2) is 4.35. The summed E-state index contributed by atoms with van der Waals surface area (Å²) < 4.78 is 1.49. The largest absolute Gasteiger partial charge is 1.00 e. The topological polar surface area (TPSA) is 43.6 Å². The van der Waals surface area contributed by atoms with Gasteiger partial charge in [0.25, 0.3) is 0 Å². The van der Waals surface area contributed by atoms with Gasteiger partial charge in [0.05, 0.1) is 0 Å². The molecule has 0 atom stereocenters. The number of para-hydroxylation sites is 1. The summed E-state index contributed by atoms with van der Waals surface area (Å²) in [6, 6.07) is 9.60. The third-order valence-corrected chi connectivity index (χ3v) is 1.31. The third kappa shape index (κ3) is 1.91. The van der Waals surface area contributed by atoms with Crippen LogP contribution in [0.2, 0.25) is 0 Å². The van der Waals surface area contributed by atoms with Crippen molar-refractivity contribution < 1.29 is 29.6 Å². The number of nitrogens with zero attached hydrogens (tertiary/aromatic N) is 4. The molecule has 0 amide bonds. The number of aromatic nitrogens is 4. The molecule has 54 valence electrons. The van der Waals surface area contributed by atoms with E-state index < -0.39 is 0 Å². The molecule has 0 unspecified atom stereocenters. The Morgan fingerprint density at radius 1 is 1.17 bits per heavy atom. The Morgan fingerprint density at radius 3 is 2.50 bits per heavy atom. The van der Waals surface area contributed by atoms with E-state index in [2.05, 4.69) is 21.9 Å². The van der Waals surface area contributed by atoms with Crippen LogP contribution in [0.1, 0.15) is 0 Å². The van der Waals surface area contributed by atoms with Crippen molar-refractivity contribution in [3.05, 3.63) is 36.7 Å². The van der Waals surface area contributed by atoms with Crippen molar-refractivity contribution in [2.75, 3.05) is 0 Å². The summed E-state index contributed by atoms with van der Waals surface area (Å²) in [6.07, 6.45) is 2.60. The number of hydrogen-bond donors (Lipinski definition) is 0. The van der Waals surface area contributed by atoms with E-state index in [1.165, 1.54) is 4.68 Å². The van der Waals surface area contributed by atoms with Crippen LogP contribution in [-0.2, 0) is 0 Å². The molecule has 1 heterocycles. The summed E-state index contributed by atoms with van der Waals surface area (Å²) in [5.74, 6) is 0. The molecule has 2 aromatic rings. The molecule has 0 aliphatic carbocycles. The van der Waals surface area contributed by atoms with E-state index in [9.17, 15) is 0 Å². The number of hydrogen-bond acceptors (Lipinski definition) is 3. The van der Waals surface area contributed by atoms with Gasteiger partial charge in [-0.2, -0.15) is 0 Å². The molecule has 5 heteroatoms. The monoisotopic (exact) mass is 168 g/mol. The van der Waals surface area contributed by atoms with Crippen molar-refractivity contribution in [3.63, 3.8) is 0 Å². The number of benzene rings is 1. The fourth-order valence-corrected chi connectivity index (χ4v) is 0.821. The van der Waals surface area contributed by atoms with Crippen molar-refractivity contribution in [1.82, 2.24) is 20.2 Å². The smallest absolute Gasteiger partial charge is 0.363 e. The van der Waals surface area contributed by atoms with E-state index in [4.69, 9.17) is 0 Å². The van der Waals surface area contributed by atoms with Gasteiger partial charge < -0.3 is 4.68 Å². The fourth-order valence-electron chi connectivity index (χ4n) is 0.821. The van der Waals surface area contributed by atoms with E-state index in [0.29, 0.717) is 0 Å². The first-order valence-corrected chi connectivity index (χ1v) is 3.18. The average molecular weight is 168 g/mol. The Labute approximate surface area is 91.9 Å². The van der Waals surface area contributed by atoms with Gasteiger partial charge in [0, 0.05) is 0 Å². The molecule has 1 aromatic carbocycles. The van der Waals surface area contributed by atoms with Gasteiger partial charge in [-0.3, -0.25) is 0 Å². The van der Waals surface area contributed by atoms with Gasteiger partial charge in [-0.25, -0.2) is 5.10 Å². The second-order valence-corrected chi connectivity index (χ2v) is 2.03. The maximum Gasteiger partial charge on any atom is 1.00 e. The van der Waals surface area contributed by atoms with Crippen LogP contribution in [0.25, 0.3) is 5.69 Å². The van der Waals surface area contributed by atoms with Gasteiger partial charge in [0.2, 0.25) is 0 Å². The number of rotatable bonds is 1. The molecule has 0 fully saturated rings. The zero-order chi connectivity index (χ0) is 7.52. The molecule has 0 bridgehead atoms. The van der Waals surface area contributed by atoms with Gasteiger partial charge in [-0.05, 0) is 11.5 Å². The van der Waals surface area contributed by atoms with Crippen LogP contribution in [-0.4, -0.2) is 20.2 Å². The van der Waals surface area contributed by atoms with Crippen LogP contribution in [0.3, 0.4) is 0 Å². The minimum atomic E-state index is 0. The van der Waals surface area contributed by atoms with Crippen molar-refractivity contribution in [1.29, 1.82) is 0 Å². The third-order valence-electron chi connectivity index (χ3n) is 1.31. The molecule has 0 saturated heterocycles. The Hall–Kier alpha value is -0.710. The second-order valence-electron chi connectivity index (χ2n) is 2.03. The normalized spacial score (nSPS) is 9.00. The van der Waals surface area contributed by atoms with Gasteiger partial charge in [0.1, 0.15) is 0 Å². The fraction of sp³-hybridized carbons (Fsp3) is 0. The zero-order valence-electron chi connectivity index (χ0n) is 6.68. The standard InChI is InChI=1S/C7H5N4.Na/c1-2-4-7(5-3-1)11-6-8-9-10-11;/h1-5H;/q-1;+1. The van der Waals surface area contributed by atoms with Gasteiger partial charge in [-0.1, -0.05) is 29.1 Å². The molecule has 0 N–H and O–H groups in total. The maximum absolute atomic E-state index is 3.69. The average Bonchev–Trinajstić information content (AvgIpc) is 2.58. The minimum absolute atomic E-state index is 0. The summed E-state index contributed by atoms with van der Waals surface area (Å²) in [5, 5.41) is 10.6. The Balaban J connectivity index is 0.000000720. The van der Waals surface area contributed by atoms with Crippen molar-refractivity contribution >= 4 is 0 Å². The van der Waals surface area contributed by atoms with Crippen LogP contribution < -0.4 is 29.6 Å². The van der Waals surface area contributed by atoms with Crippen LogP contribution in [0.4, 0.5) is 0 Å². The molecule has 1 aromatic heterocycles. The molecule has 0 spiro atoms. The predicted molar refractivity (Wildman–Crippen MR) is 38.0 cm³/mol. The molecule has 0 saturated carbocycles. The SMILES string of the molecule is [Na+].[c-]1nnnn1-c1ccccc1. The van der Waals surface area contributed by atoms with Gasteiger partial charge in [-0.15, -0.1) is 12.1 Å².